The lowest BCUT2D eigenvalue weighted by atomic mass is 10.1. The van der Waals surface area contributed by atoms with E-state index in [1.807, 2.05) is 36.4 Å². The van der Waals surface area contributed by atoms with Crippen LogP contribution in [0.15, 0.2) is 54.6 Å². The SMILES string of the molecule is CN1CCN(c2ccc(-c3cccc(NC(=O)Nc4ccc5c(c4)OCO5)c3)nn2)CC1. The number of carbonyl (C=O) groups excluding carboxylic acids is 1. The van der Waals surface area contributed by atoms with E-state index in [4.69, 9.17) is 9.47 Å². The predicted molar refractivity (Wildman–Crippen MR) is 122 cm³/mol. The van der Waals surface area contributed by atoms with Crippen LogP contribution >= 0.6 is 0 Å². The van der Waals surface area contributed by atoms with Crippen LogP contribution in [0.4, 0.5) is 22.0 Å². The maximum absolute atomic E-state index is 12.4. The highest BCUT2D eigenvalue weighted by atomic mass is 16.7. The van der Waals surface area contributed by atoms with Crippen molar-refractivity contribution in [2.45, 2.75) is 0 Å². The summed E-state index contributed by atoms with van der Waals surface area (Å²) in [5, 5.41) is 14.5. The topological polar surface area (TPSA) is 91.9 Å². The first-order valence-electron chi connectivity index (χ1n) is 10.5. The number of amides is 2. The summed E-state index contributed by atoms with van der Waals surface area (Å²) in [4.78, 5) is 17.0. The summed E-state index contributed by atoms with van der Waals surface area (Å²) < 4.78 is 10.6. The Hall–Kier alpha value is -3.85. The zero-order valence-corrected chi connectivity index (χ0v) is 17.7. The van der Waals surface area contributed by atoms with Crippen molar-refractivity contribution in [3.63, 3.8) is 0 Å². The van der Waals surface area contributed by atoms with E-state index in [1.54, 1.807) is 18.2 Å². The van der Waals surface area contributed by atoms with E-state index in [9.17, 15) is 4.79 Å². The number of hydrogen-bond donors (Lipinski definition) is 2. The summed E-state index contributed by atoms with van der Waals surface area (Å²) >= 11 is 0. The quantitative estimate of drug-likeness (QED) is 0.654. The molecule has 2 aliphatic heterocycles. The number of rotatable bonds is 4. The second-order valence-electron chi connectivity index (χ2n) is 7.80. The Labute approximate surface area is 186 Å². The van der Waals surface area contributed by atoms with E-state index in [-0.39, 0.29) is 12.8 Å². The molecule has 0 unspecified atom stereocenters. The third-order valence-corrected chi connectivity index (χ3v) is 5.52. The van der Waals surface area contributed by atoms with Crippen LogP contribution in [0.25, 0.3) is 11.3 Å². The summed E-state index contributed by atoms with van der Waals surface area (Å²) in [6.45, 7) is 4.12. The molecular weight excluding hydrogens is 408 g/mol. The van der Waals surface area contributed by atoms with Gasteiger partial charge in [-0.2, -0.15) is 0 Å². The minimum Gasteiger partial charge on any atom is -0.454 e. The molecule has 9 heteroatoms. The molecule has 1 fully saturated rings. The lowest BCUT2D eigenvalue weighted by Crippen LogP contribution is -2.44. The van der Waals surface area contributed by atoms with Crippen molar-refractivity contribution in [2.75, 3.05) is 55.6 Å². The van der Waals surface area contributed by atoms with E-state index < -0.39 is 0 Å². The van der Waals surface area contributed by atoms with Gasteiger partial charge in [0.05, 0.1) is 5.69 Å². The Morgan fingerprint density at radius 1 is 0.875 bits per heavy atom. The summed E-state index contributed by atoms with van der Waals surface area (Å²) in [7, 11) is 2.13. The smallest absolute Gasteiger partial charge is 0.323 e. The number of ether oxygens (including phenoxy) is 2. The van der Waals surface area contributed by atoms with Gasteiger partial charge in [-0.25, -0.2) is 4.79 Å². The fraction of sp³-hybridized carbons (Fsp3) is 0.261. The molecule has 2 N–H and O–H groups in total. The summed E-state index contributed by atoms with van der Waals surface area (Å²) in [6.07, 6.45) is 0. The second kappa shape index (κ2) is 8.72. The van der Waals surface area contributed by atoms with Crippen molar-refractivity contribution < 1.29 is 14.3 Å². The van der Waals surface area contributed by atoms with Crippen molar-refractivity contribution >= 4 is 23.2 Å². The van der Waals surface area contributed by atoms with Gasteiger partial charge in [-0.05, 0) is 43.4 Å². The first kappa shape index (κ1) is 20.1. The average molecular weight is 432 g/mol. The Balaban J connectivity index is 1.23. The number of hydrogen-bond acceptors (Lipinski definition) is 7. The van der Waals surface area contributed by atoms with Crippen molar-refractivity contribution in [1.29, 1.82) is 0 Å². The van der Waals surface area contributed by atoms with Gasteiger partial charge in [0.15, 0.2) is 17.3 Å². The third kappa shape index (κ3) is 4.42. The maximum atomic E-state index is 12.4. The molecule has 1 saturated heterocycles. The minimum atomic E-state index is -0.350. The highest BCUT2D eigenvalue weighted by molar-refractivity contribution is 6.00. The van der Waals surface area contributed by atoms with Gasteiger partial charge in [-0.15, -0.1) is 10.2 Å². The molecule has 2 aliphatic rings. The molecule has 0 atom stereocenters. The van der Waals surface area contributed by atoms with Crippen LogP contribution in [-0.4, -0.2) is 61.1 Å². The number of anilines is 3. The Morgan fingerprint density at radius 3 is 2.44 bits per heavy atom. The van der Waals surface area contributed by atoms with Gasteiger partial charge in [-0.1, -0.05) is 12.1 Å². The Morgan fingerprint density at radius 2 is 1.66 bits per heavy atom. The number of aromatic nitrogens is 2. The van der Waals surface area contributed by atoms with E-state index >= 15 is 0 Å². The van der Waals surface area contributed by atoms with Crippen LogP contribution in [-0.2, 0) is 0 Å². The highest BCUT2D eigenvalue weighted by Gasteiger charge is 2.16. The van der Waals surface area contributed by atoms with Crippen molar-refractivity contribution in [1.82, 2.24) is 15.1 Å². The van der Waals surface area contributed by atoms with Crippen LogP contribution < -0.4 is 25.0 Å². The molecule has 2 aromatic carbocycles. The van der Waals surface area contributed by atoms with Gasteiger partial charge in [0.25, 0.3) is 0 Å². The van der Waals surface area contributed by atoms with Crippen LogP contribution in [0.5, 0.6) is 11.5 Å². The Bertz CT molecular complexity index is 1110. The summed E-state index contributed by atoms with van der Waals surface area (Å²) in [5.74, 6) is 2.17. The molecule has 164 valence electrons. The molecule has 0 bridgehead atoms. The van der Waals surface area contributed by atoms with Crippen LogP contribution in [0, 0.1) is 0 Å². The average Bonchev–Trinajstić information content (AvgIpc) is 3.28. The molecule has 0 radical (unpaired) electrons. The summed E-state index contributed by atoms with van der Waals surface area (Å²) in [5.41, 5.74) is 2.91. The molecule has 1 aromatic heterocycles. The normalized spacial score (nSPS) is 15.5. The van der Waals surface area contributed by atoms with Gasteiger partial charge in [0.1, 0.15) is 0 Å². The van der Waals surface area contributed by atoms with Gasteiger partial charge in [0, 0.05) is 49.2 Å². The largest absolute Gasteiger partial charge is 0.454 e. The second-order valence-corrected chi connectivity index (χ2v) is 7.80. The number of fused-ring (bicyclic) bond motifs is 1. The number of piperazine rings is 1. The van der Waals surface area contributed by atoms with E-state index in [2.05, 4.69) is 37.7 Å². The van der Waals surface area contributed by atoms with Crippen molar-refractivity contribution in [2.24, 2.45) is 0 Å². The summed E-state index contributed by atoms with van der Waals surface area (Å²) in [6, 6.07) is 16.4. The van der Waals surface area contributed by atoms with Gasteiger partial charge in [-0.3, -0.25) is 0 Å². The van der Waals surface area contributed by atoms with E-state index in [0.29, 0.717) is 22.9 Å². The first-order valence-corrected chi connectivity index (χ1v) is 10.5. The zero-order valence-electron chi connectivity index (χ0n) is 17.7. The molecule has 0 saturated carbocycles. The monoisotopic (exact) mass is 432 g/mol. The number of nitrogens with zero attached hydrogens (tertiary/aromatic N) is 4. The zero-order chi connectivity index (χ0) is 21.9. The number of carbonyl (C=O) groups is 1. The molecule has 32 heavy (non-hydrogen) atoms. The van der Waals surface area contributed by atoms with E-state index in [1.165, 1.54) is 0 Å². The van der Waals surface area contributed by atoms with E-state index in [0.717, 1.165) is 43.3 Å². The number of urea groups is 1. The fourth-order valence-electron chi connectivity index (χ4n) is 3.71. The predicted octanol–water partition coefficient (Wildman–Crippen LogP) is 3.27. The van der Waals surface area contributed by atoms with Gasteiger partial charge >= 0.3 is 6.03 Å². The molecule has 2 amide bonds. The first-order chi connectivity index (χ1) is 15.6. The van der Waals surface area contributed by atoms with Crippen LogP contribution in [0.3, 0.4) is 0 Å². The van der Waals surface area contributed by atoms with Crippen molar-refractivity contribution in [3.05, 3.63) is 54.6 Å². The van der Waals surface area contributed by atoms with Crippen LogP contribution in [0.2, 0.25) is 0 Å². The van der Waals surface area contributed by atoms with Crippen LogP contribution in [0.1, 0.15) is 0 Å². The van der Waals surface area contributed by atoms with Gasteiger partial charge in [0.2, 0.25) is 6.79 Å². The number of nitrogens with one attached hydrogen (secondary N) is 2. The minimum absolute atomic E-state index is 0.191. The number of benzene rings is 2. The molecule has 5 rings (SSSR count). The fourth-order valence-corrected chi connectivity index (χ4v) is 3.71. The standard InChI is InChI=1S/C23H24N6O3/c1-28-9-11-29(12-10-28)22-8-6-19(26-27-22)16-3-2-4-17(13-16)24-23(30)25-18-5-7-20-21(14-18)32-15-31-20/h2-8,13-14H,9-12,15H2,1H3,(H2,24,25,30). The molecule has 0 spiro atoms. The number of likely N-dealkylation sites (N-methyl/N-ethyl adjacent to an activating group) is 1. The molecular formula is C23H24N6O3. The molecule has 3 aromatic rings. The molecule has 0 aliphatic carbocycles. The lowest BCUT2D eigenvalue weighted by Gasteiger charge is -2.32. The molecule has 3 heterocycles. The highest BCUT2D eigenvalue weighted by Crippen LogP contribution is 2.34. The molecule has 9 nitrogen and oxygen atoms in total. The Kier molecular flexibility index (Phi) is 5.47. The lowest BCUT2D eigenvalue weighted by molar-refractivity contribution is 0.174. The van der Waals surface area contributed by atoms with Gasteiger partial charge < -0.3 is 29.9 Å². The third-order valence-electron chi connectivity index (χ3n) is 5.52. The maximum Gasteiger partial charge on any atom is 0.323 e. The van der Waals surface area contributed by atoms with Crippen molar-refractivity contribution in [3.8, 4) is 22.8 Å².